The highest BCUT2D eigenvalue weighted by Crippen LogP contribution is 2.54. The third kappa shape index (κ3) is 2.26. The van der Waals surface area contributed by atoms with E-state index in [4.69, 9.17) is 5.73 Å². The van der Waals surface area contributed by atoms with Gasteiger partial charge in [-0.15, -0.1) is 0 Å². The maximum Gasteiger partial charge on any atom is 0.0718 e. The van der Waals surface area contributed by atoms with Crippen molar-refractivity contribution in [3.63, 3.8) is 0 Å². The van der Waals surface area contributed by atoms with Crippen LogP contribution in [0.15, 0.2) is 0 Å². The SMILES string of the molecule is CCC1CCC(O)(C2(CN)CCC(C)CC2)C1. The van der Waals surface area contributed by atoms with E-state index in [0.29, 0.717) is 6.54 Å². The van der Waals surface area contributed by atoms with Crippen molar-refractivity contribution >= 4 is 0 Å². The van der Waals surface area contributed by atoms with E-state index in [1.807, 2.05) is 0 Å². The molecule has 2 unspecified atom stereocenters. The van der Waals surface area contributed by atoms with Gasteiger partial charge in [0.25, 0.3) is 0 Å². The molecule has 0 radical (unpaired) electrons. The Kier molecular flexibility index (Phi) is 3.84. The second-order valence-corrected chi connectivity index (χ2v) is 6.72. The van der Waals surface area contributed by atoms with E-state index in [1.165, 1.54) is 25.7 Å². The lowest BCUT2D eigenvalue weighted by molar-refractivity contribution is -0.101. The van der Waals surface area contributed by atoms with Crippen LogP contribution in [0.3, 0.4) is 0 Å². The minimum atomic E-state index is -0.456. The first-order valence-electron chi connectivity index (χ1n) is 7.48. The fourth-order valence-corrected chi connectivity index (χ4v) is 4.13. The molecule has 0 aliphatic heterocycles. The van der Waals surface area contributed by atoms with Gasteiger partial charge < -0.3 is 10.8 Å². The van der Waals surface area contributed by atoms with Crippen molar-refractivity contribution in [1.29, 1.82) is 0 Å². The molecule has 2 nitrogen and oxygen atoms in total. The Labute approximate surface area is 106 Å². The lowest BCUT2D eigenvalue weighted by atomic mass is 9.60. The minimum absolute atomic E-state index is 0.0312. The Morgan fingerprint density at radius 1 is 1.18 bits per heavy atom. The molecule has 0 amide bonds. The smallest absolute Gasteiger partial charge is 0.0718 e. The summed E-state index contributed by atoms with van der Waals surface area (Å²) in [6.07, 6.45) is 9.15. The predicted octanol–water partition coefficient (Wildman–Crippen LogP) is 3.08. The van der Waals surface area contributed by atoms with Gasteiger partial charge in [-0.05, 0) is 43.9 Å². The van der Waals surface area contributed by atoms with Gasteiger partial charge in [-0.1, -0.05) is 33.1 Å². The second kappa shape index (κ2) is 4.89. The van der Waals surface area contributed by atoms with Crippen molar-refractivity contribution < 1.29 is 5.11 Å². The second-order valence-electron chi connectivity index (χ2n) is 6.72. The summed E-state index contributed by atoms with van der Waals surface area (Å²) in [5.74, 6) is 1.55. The molecular weight excluding hydrogens is 210 g/mol. The first-order valence-corrected chi connectivity index (χ1v) is 7.48. The lowest BCUT2D eigenvalue weighted by Crippen LogP contribution is -2.53. The molecule has 2 atom stereocenters. The number of aliphatic hydroxyl groups is 1. The van der Waals surface area contributed by atoms with Crippen LogP contribution in [0.2, 0.25) is 0 Å². The largest absolute Gasteiger partial charge is 0.389 e. The monoisotopic (exact) mass is 239 g/mol. The molecule has 100 valence electrons. The molecule has 0 saturated heterocycles. The molecule has 2 aliphatic carbocycles. The van der Waals surface area contributed by atoms with Gasteiger partial charge in [-0.2, -0.15) is 0 Å². The van der Waals surface area contributed by atoms with Crippen LogP contribution < -0.4 is 5.73 Å². The van der Waals surface area contributed by atoms with E-state index in [0.717, 1.165) is 37.5 Å². The summed E-state index contributed by atoms with van der Waals surface area (Å²) in [4.78, 5) is 0. The van der Waals surface area contributed by atoms with Crippen LogP contribution in [-0.2, 0) is 0 Å². The van der Waals surface area contributed by atoms with Crippen LogP contribution in [0, 0.1) is 17.3 Å². The molecule has 2 fully saturated rings. The Morgan fingerprint density at radius 2 is 1.82 bits per heavy atom. The normalized spacial score (nSPS) is 47.3. The molecular formula is C15H29NO. The van der Waals surface area contributed by atoms with Gasteiger partial charge in [-0.25, -0.2) is 0 Å². The molecule has 17 heavy (non-hydrogen) atoms. The molecule has 0 aromatic heterocycles. The van der Waals surface area contributed by atoms with E-state index in [1.54, 1.807) is 0 Å². The molecule has 2 heteroatoms. The van der Waals surface area contributed by atoms with Gasteiger partial charge in [-0.3, -0.25) is 0 Å². The van der Waals surface area contributed by atoms with E-state index in [-0.39, 0.29) is 5.41 Å². The van der Waals surface area contributed by atoms with Gasteiger partial charge in [0, 0.05) is 12.0 Å². The average molecular weight is 239 g/mol. The van der Waals surface area contributed by atoms with Crippen LogP contribution in [-0.4, -0.2) is 17.3 Å². The zero-order valence-corrected chi connectivity index (χ0v) is 11.5. The van der Waals surface area contributed by atoms with Gasteiger partial charge in [0.2, 0.25) is 0 Å². The lowest BCUT2D eigenvalue weighted by Gasteiger charge is -2.49. The summed E-state index contributed by atoms with van der Waals surface area (Å²) < 4.78 is 0. The van der Waals surface area contributed by atoms with E-state index in [9.17, 15) is 5.11 Å². The highest BCUT2D eigenvalue weighted by molar-refractivity contribution is 5.05. The minimum Gasteiger partial charge on any atom is -0.389 e. The van der Waals surface area contributed by atoms with Crippen molar-refractivity contribution in [1.82, 2.24) is 0 Å². The first-order chi connectivity index (χ1) is 8.05. The number of hydrogen-bond acceptors (Lipinski definition) is 2. The number of rotatable bonds is 3. The van der Waals surface area contributed by atoms with E-state index in [2.05, 4.69) is 13.8 Å². The number of hydrogen-bond donors (Lipinski definition) is 2. The van der Waals surface area contributed by atoms with Crippen molar-refractivity contribution in [2.45, 2.75) is 70.8 Å². The number of nitrogens with two attached hydrogens (primary N) is 1. The third-order valence-corrected chi connectivity index (χ3v) is 5.78. The molecule has 2 rings (SSSR count). The molecule has 0 aromatic rings. The fraction of sp³-hybridized carbons (Fsp3) is 1.00. The summed E-state index contributed by atoms with van der Waals surface area (Å²) in [6.45, 7) is 5.25. The van der Waals surface area contributed by atoms with Crippen molar-refractivity contribution in [2.24, 2.45) is 23.0 Å². The summed E-state index contributed by atoms with van der Waals surface area (Å²) >= 11 is 0. The van der Waals surface area contributed by atoms with Gasteiger partial charge in [0.1, 0.15) is 0 Å². The average Bonchev–Trinajstić information content (AvgIpc) is 2.74. The van der Waals surface area contributed by atoms with Crippen molar-refractivity contribution in [2.75, 3.05) is 6.54 Å². The fourth-order valence-electron chi connectivity index (χ4n) is 4.13. The van der Waals surface area contributed by atoms with Crippen LogP contribution >= 0.6 is 0 Å². The van der Waals surface area contributed by atoms with Crippen LogP contribution in [0.5, 0.6) is 0 Å². The van der Waals surface area contributed by atoms with Crippen LogP contribution in [0.1, 0.15) is 65.2 Å². The van der Waals surface area contributed by atoms with Gasteiger partial charge >= 0.3 is 0 Å². The topological polar surface area (TPSA) is 46.2 Å². The van der Waals surface area contributed by atoms with Gasteiger partial charge in [0.05, 0.1) is 5.60 Å². The Hall–Kier alpha value is -0.0800. The zero-order chi connectivity index (χ0) is 12.5. The quantitative estimate of drug-likeness (QED) is 0.795. The first kappa shape index (κ1) is 13.4. The maximum absolute atomic E-state index is 11.1. The van der Waals surface area contributed by atoms with E-state index >= 15 is 0 Å². The Bertz CT molecular complexity index is 258. The molecule has 0 bridgehead atoms. The standard InChI is InChI=1S/C15H29NO/c1-3-13-6-9-15(17,10-13)14(11-16)7-4-12(2)5-8-14/h12-13,17H,3-11,16H2,1-2H3. The Morgan fingerprint density at radius 3 is 2.29 bits per heavy atom. The zero-order valence-electron chi connectivity index (χ0n) is 11.5. The Balaban J connectivity index is 2.12. The highest BCUT2D eigenvalue weighted by Gasteiger charge is 2.53. The van der Waals surface area contributed by atoms with Crippen molar-refractivity contribution in [3.8, 4) is 0 Å². The summed E-state index contributed by atoms with van der Waals surface area (Å²) in [5.41, 5.74) is 5.65. The van der Waals surface area contributed by atoms with Crippen LogP contribution in [0.4, 0.5) is 0 Å². The molecule has 0 aromatic carbocycles. The molecule has 2 aliphatic rings. The van der Waals surface area contributed by atoms with Gasteiger partial charge in [0.15, 0.2) is 0 Å². The molecule has 2 saturated carbocycles. The summed E-state index contributed by atoms with van der Waals surface area (Å²) in [7, 11) is 0. The van der Waals surface area contributed by atoms with E-state index < -0.39 is 5.60 Å². The highest BCUT2D eigenvalue weighted by atomic mass is 16.3. The van der Waals surface area contributed by atoms with Crippen LogP contribution in [0.25, 0.3) is 0 Å². The van der Waals surface area contributed by atoms with Crippen molar-refractivity contribution in [3.05, 3.63) is 0 Å². The predicted molar refractivity (Wildman–Crippen MR) is 71.7 cm³/mol. The summed E-state index contributed by atoms with van der Waals surface area (Å²) in [5, 5.41) is 11.1. The summed E-state index contributed by atoms with van der Waals surface area (Å²) in [6, 6.07) is 0. The molecule has 0 heterocycles. The molecule has 0 spiro atoms. The molecule has 3 N–H and O–H groups in total. The maximum atomic E-state index is 11.1. The third-order valence-electron chi connectivity index (χ3n) is 5.78.